The second kappa shape index (κ2) is 9.54. The normalized spacial score (nSPS) is 15.8. The SMILES string of the molecule is C[N+](C)(C)CCOC(=O)C(CC(F)(F)C(F)(F)C(F)(F)F)C(F)(F)C(F)(F)C(F)(F)F.[Cl-]. The van der Waals surface area contributed by atoms with Crippen LogP contribution in [-0.4, -0.2) is 80.8 Å². The Morgan fingerprint density at radius 1 is 0.750 bits per heavy atom. The van der Waals surface area contributed by atoms with Crippen molar-refractivity contribution in [2.24, 2.45) is 5.92 Å². The first-order valence-corrected chi connectivity index (χ1v) is 7.84. The largest absolute Gasteiger partial charge is 1.00 e. The van der Waals surface area contributed by atoms with E-state index in [4.69, 9.17) is 0 Å². The van der Waals surface area contributed by atoms with Crippen LogP contribution in [0, 0.1) is 5.92 Å². The average molecular weight is 532 g/mol. The third kappa shape index (κ3) is 6.87. The van der Waals surface area contributed by atoms with E-state index in [1.165, 1.54) is 21.1 Å². The Balaban J connectivity index is 0. The van der Waals surface area contributed by atoms with E-state index < -0.39 is 61.0 Å². The molecule has 0 aromatic heterocycles. The van der Waals surface area contributed by atoms with Gasteiger partial charge in [0.1, 0.15) is 19.1 Å². The summed E-state index contributed by atoms with van der Waals surface area (Å²) in [5.41, 5.74) is 0. The quantitative estimate of drug-likeness (QED) is 0.258. The van der Waals surface area contributed by atoms with E-state index in [-0.39, 0.29) is 23.4 Å². The molecular formula is C14H16ClF14NO2. The molecule has 0 aliphatic carbocycles. The lowest BCUT2D eigenvalue weighted by molar-refractivity contribution is -0.870. The van der Waals surface area contributed by atoms with Crippen LogP contribution in [0.15, 0.2) is 0 Å². The summed E-state index contributed by atoms with van der Waals surface area (Å²) in [6.07, 6.45) is -18.0. The smallest absolute Gasteiger partial charge is 0.459 e. The number of halogens is 15. The van der Waals surface area contributed by atoms with Crippen LogP contribution in [0.2, 0.25) is 0 Å². The number of likely N-dealkylation sites (N-methyl/N-ethyl adjacent to an activating group) is 1. The van der Waals surface area contributed by atoms with Gasteiger partial charge in [-0.15, -0.1) is 0 Å². The molecule has 32 heavy (non-hydrogen) atoms. The Hall–Kier alpha value is -1.26. The summed E-state index contributed by atoms with van der Waals surface area (Å²) in [5.74, 6) is -35.6. The molecule has 0 saturated carbocycles. The van der Waals surface area contributed by atoms with Gasteiger partial charge in [-0.25, -0.2) is 0 Å². The highest BCUT2D eigenvalue weighted by atomic mass is 35.5. The average Bonchev–Trinajstić information content (AvgIpc) is 2.48. The van der Waals surface area contributed by atoms with Crippen molar-refractivity contribution in [2.45, 2.75) is 42.5 Å². The van der Waals surface area contributed by atoms with Crippen LogP contribution in [0.25, 0.3) is 0 Å². The molecule has 0 spiro atoms. The number of ether oxygens (including phenoxy) is 1. The highest BCUT2D eigenvalue weighted by Crippen LogP contribution is 2.55. The Morgan fingerprint density at radius 3 is 1.44 bits per heavy atom. The maximum absolute atomic E-state index is 13.9. The molecule has 194 valence electrons. The zero-order chi connectivity index (χ0) is 25.5. The molecule has 0 rings (SSSR count). The number of carbonyl (C=O) groups is 1. The Bertz CT molecular complexity index is 639. The van der Waals surface area contributed by atoms with Crippen molar-refractivity contribution in [1.29, 1.82) is 0 Å². The van der Waals surface area contributed by atoms with Gasteiger partial charge in [-0.1, -0.05) is 0 Å². The van der Waals surface area contributed by atoms with E-state index >= 15 is 0 Å². The standard InChI is InChI=1S/C14H16F14NO2.ClH/c1-29(2,3)4-5-31-8(30)7(10(17,18)12(21,22)14(26,27)28)6-9(15,16)11(19,20)13(23,24)25;/h7H,4-6H2,1-3H3;1H/q+1;/p-1. The summed E-state index contributed by atoms with van der Waals surface area (Å²) < 4.78 is 184. The molecule has 1 atom stereocenters. The molecule has 0 aromatic carbocycles. The van der Waals surface area contributed by atoms with Crippen LogP contribution in [0.5, 0.6) is 0 Å². The van der Waals surface area contributed by atoms with Gasteiger partial charge in [0.15, 0.2) is 0 Å². The fourth-order valence-electron chi connectivity index (χ4n) is 1.88. The Labute approximate surface area is 177 Å². The summed E-state index contributed by atoms with van der Waals surface area (Å²) in [6.45, 7) is -1.40. The van der Waals surface area contributed by atoms with Crippen LogP contribution < -0.4 is 12.4 Å². The third-order valence-corrected chi connectivity index (χ3v) is 3.78. The first-order chi connectivity index (χ1) is 13.2. The second-order valence-corrected chi connectivity index (χ2v) is 7.41. The molecule has 1 unspecified atom stereocenters. The van der Waals surface area contributed by atoms with Crippen LogP contribution in [0.4, 0.5) is 61.5 Å². The minimum atomic E-state index is -7.26. The fraction of sp³-hybridized carbons (Fsp3) is 0.929. The van der Waals surface area contributed by atoms with E-state index in [9.17, 15) is 66.3 Å². The van der Waals surface area contributed by atoms with E-state index in [0.29, 0.717) is 0 Å². The van der Waals surface area contributed by atoms with Gasteiger partial charge < -0.3 is 21.6 Å². The zero-order valence-electron chi connectivity index (χ0n) is 16.1. The van der Waals surface area contributed by atoms with E-state index in [1.54, 1.807) is 0 Å². The number of esters is 1. The van der Waals surface area contributed by atoms with Gasteiger partial charge in [0.2, 0.25) is 0 Å². The number of hydrogen-bond donors (Lipinski definition) is 0. The molecule has 0 aliphatic rings. The van der Waals surface area contributed by atoms with Crippen molar-refractivity contribution < 1.29 is 87.9 Å². The van der Waals surface area contributed by atoms with Gasteiger partial charge in [-0.3, -0.25) is 4.79 Å². The zero-order valence-corrected chi connectivity index (χ0v) is 16.9. The molecule has 0 amide bonds. The molecule has 0 aromatic rings. The number of rotatable bonds is 9. The van der Waals surface area contributed by atoms with Crippen molar-refractivity contribution in [1.82, 2.24) is 0 Å². The molecule has 0 N–H and O–H groups in total. The molecule has 0 radical (unpaired) electrons. The lowest BCUT2D eigenvalue weighted by atomic mass is 9.87. The molecular weight excluding hydrogens is 516 g/mol. The Kier molecular flexibility index (Phi) is 9.81. The summed E-state index contributed by atoms with van der Waals surface area (Å²) in [4.78, 5) is 11.6. The minimum Gasteiger partial charge on any atom is -1.00 e. The maximum atomic E-state index is 13.9. The molecule has 0 bridgehead atoms. The summed E-state index contributed by atoms with van der Waals surface area (Å²) in [5, 5.41) is 0. The minimum absolute atomic E-state index is 0. The van der Waals surface area contributed by atoms with E-state index in [2.05, 4.69) is 4.74 Å². The van der Waals surface area contributed by atoms with Crippen LogP contribution in [0.1, 0.15) is 6.42 Å². The van der Waals surface area contributed by atoms with Gasteiger partial charge in [0.25, 0.3) is 0 Å². The van der Waals surface area contributed by atoms with Gasteiger partial charge in [-0.2, -0.15) is 61.5 Å². The number of quaternary nitrogens is 1. The van der Waals surface area contributed by atoms with Gasteiger partial charge in [0.05, 0.1) is 21.1 Å². The van der Waals surface area contributed by atoms with Crippen molar-refractivity contribution in [3.63, 3.8) is 0 Å². The third-order valence-electron chi connectivity index (χ3n) is 3.78. The summed E-state index contributed by atoms with van der Waals surface area (Å²) >= 11 is 0. The topological polar surface area (TPSA) is 26.3 Å². The maximum Gasteiger partial charge on any atom is 0.459 e. The van der Waals surface area contributed by atoms with Crippen molar-refractivity contribution in [3.05, 3.63) is 0 Å². The van der Waals surface area contributed by atoms with Gasteiger partial charge >= 0.3 is 42.0 Å². The predicted octanol–water partition coefficient (Wildman–Crippen LogP) is 1.91. The first-order valence-electron chi connectivity index (χ1n) is 7.84. The lowest BCUT2D eigenvalue weighted by Crippen LogP contribution is -3.00. The number of hydrogen-bond acceptors (Lipinski definition) is 2. The first kappa shape index (κ1) is 32.9. The van der Waals surface area contributed by atoms with Gasteiger partial charge in [0, 0.05) is 6.42 Å². The fourth-order valence-corrected chi connectivity index (χ4v) is 1.88. The van der Waals surface area contributed by atoms with Crippen molar-refractivity contribution in [2.75, 3.05) is 34.3 Å². The molecule has 0 saturated heterocycles. The Morgan fingerprint density at radius 2 is 1.12 bits per heavy atom. The summed E-state index contributed by atoms with van der Waals surface area (Å²) in [7, 11) is 4.11. The van der Waals surface area contributed by atoms with Crippen LogP contribution in [0.3, 0.4) is 0 Å². The summed E-state index contributed by atoms with van der Waals surface area (Å²) in [6, 6.07) is 0. The molecule has 0 heterocycles. The number of carbonyl (C=O) groups excluding carboxylic acids is 1. The second-order valence-electron chi connectivity index (χ2n) is 7.41. The number of nitrogens with zero attached hydrogens (tertiary/aromatic N) is 1. The molecule has 0 aliphatic heterocycles. The molecule has 3 nitrogen and oxygen atoms in total. The predicted molar refractivity (Wildman–Crippen MR) is 73.9 cm³/mol. The number of alkyl halides is 14. The van der Waals surface area contributed by atoms with Crippen LogP contribution in [-0.2, 0) is 9.53 Å². The lowest BCUT2D eigenvalue weighted by Gasteiger charge is -2.36. The van der Waals surface area contributed by atoms with Crippen molar-refractivity contribution in [3.8, 4) is 0 Å². The van der Waals surface area contributed by atoms with Gasteiger partial charge in [-0.05, 0) is 0 Å². The molecule has 0 fully saturated rings. The van der Waals surface area contributed by atoms with Crippen LogP contribution >= 0.6 is 0 Å². The molecule has 18 heteroatoms. The van der Waals surface area contributed by atoms with Crippen molar-refractivity contribution >= 4 is 5.97 Å². The van der Waals surface area contributed by atoms with E-state index in [1.807, 2.05) is 0 Å². The highest BCUT2D eigenvalue weighted by molar-refractivity contribution is 5.74. The van der Waals surface area contributed by atoms with E-state index in [0.717, 1.165) is 0 Å². The highest BCUT2D eigenvalue weighted by Gasteiger charge is 2.80. The monoisotopic (exact) mass is 531 g/mol.